The van der Waals surface area contributed by atoms with Crippen LogP contribution in [-0.4, -0.2) is 54.2 Å². The molecule has 1 saturated heterocycles. The lowest BCUT2D eigenvalue weighted by Gasteiger charge is -2.10. The first kappa shape index (κ1) is 17.1. The molecule has 130 valence electrons. The molecule has 0 bridgehead atoms. The highest BCUT2D eigenvalue weighted by Crippen LogP contribution is 2.34. The number of hydrogen-bond acceptors (Lipinski definition) is 7. The van der Waals surface area contributed by atoms with Gasteiger partial charge < -0.3 is 14.0 Å². The van der Waals surface area contributed by atoms with Crippen molar-refractivity contribution in [3.8, 4) is 22.9 Å². The van der Waals surface area contributed by atoms with E-state index in [1.165, 1.54) is 11.8 Å². The molecule has 1 aliphatic rings. The molecule has 0 spiro atoms. The van der Waals surface area contributed by atoms with Gasteiger partial charge in [-0.3, -0.25) is 0 Å². The van der Waals surface area contributed by atoms with E-state index >= 15 is 0 Å². The van der Waals surface area contributed by atoms with Gasteiger partial charge in [-0.15, -0.1) is 10.2 Å². The van der Waals surface area contributed by atoms with Crippen molar-refractivity contribution >= 4 is 21.6 Å². The van der Waals surface area contributed by atoms with Crippen molar-refractivity contribution in [1.82, 2.24) is 14.8 Å². The Morgan fingerprint density at radius 2 is 1.96 bits per heavy atom. The predicted molar refractivity (Wildman–Crippen MR) is 92.5 cm³/mol. The third kappa shape index (κ3) is 3.36. The lowest BCUT2D eigenvalue weighted by atomic mass is 10.2. The van der Waals surface area contributed by atoms with Gasteiger partial charge in [-0.25, -0.2) is 8.42 Å². The summed E-state index contributed by atoms with van der Waals surface area (Å²) in [5.41, 5.74) is 0.855. The second kappa shape index (κ2) is 6.64. The third-order valence-electron chi connectivity index (χ3n) is 3.94. The van der Waals surface area contributed by atoms with Crippen LogP contribution in [0.5, 0.6) is 11.5 Å². The molecule has 2 aromatic rings. The van der Waals surface area contributed by atoms with Gasteiger partial charge in [0.1, 0.15) is 0 Å². The maximum atomic E-state index is 11.6. The van der Waals surface area contributed by atoms with Gasteiger partial charge in [0.25, 0.3) is 0 Å². The maximum Gasteiger partial charge on any atom is 0.191 e. The van der Waals surface area contributed by atoms with Crippen LogP contribution in [0.2, 0.25) is 0 Å². The van der Waals surface area contributed by atoms with Crippen LogP contribution in [0.25, 0.3) is 11.4 Å². The normalized spacial score (nSPS) is 19.4. The van der Waals surface area contributed by atoms with Gasteiger partial charge in [0.15, 0.2) is 32.3 Å². The maximum absolute atomic E-state index is 11.6. The van der Waals surface area contributed by atoms with E-state index in [0.29, 0.717) is 28.9 Å². The molecule has 7 nitrogen and oxygen atoms in total. The van der Waals surface area contributed by atoms with Crippen LogP contribution in [-0.2, 0) is 16.9 Å². The van der Waals surface area contributed by atoms with Crippen molar-refractivity contribution < 1.29 is 17.9 Å². The minimum atomic E-state index is -2.90. The first-order valence-electron chi connectivity index (χ1n) is 7.42. The van der Waals surface area contributed by atoms with Crippen LogP contribution in [0.15, 0.2) is 23.4 Å². The second-order valence-electron chi connectivity index (χ2n) is 5.58. The van der Waals surface area contributed by atoms with E-state index in [4.69, 9.17) is 9.47 Å². The Kier molecular flexibility index (Phi) is 4.73. The summed E-state index contributed by atoms with van der Waals surface area (Å²) in [6.07, 6.45) is 0.658. The van der Waals surface area contributed by atoms with Crippen LogP contribution < -0.4 is 9.47 Å². The zero-order valence-corrected chi connectivity index (χ0v) is 15.4. The Morgan fingerprint density at radius 1 is 1.21 bits per heavy atom. The zero-order valence-electron chi connectivity index (χ0n) is 13.7. The summed E-state index contributed by atoms with van der Waals surface area (Å²) >= 11 is 1.47. The Labute approximate surface area is 145 Å². The van der Waals surface area contributed by atoms with Gasteiger partial charge in [0.05, 0.1) is 25.7 Å². The van der Waals surface area contributed by atoms with Gasteiger partial charge in [0.2, 0.25) is 0 Å². The summed E-state index contributed by atoms with van der Waals surface area (Å²) in [5.74, 6) is 2.42. The molecular weight excluding hydrogens is 350 g/mol. The molecule has 1 atom stereocenters. The van der Waals surface area contributed by atoms with E-state index in [0.717, 1.165) is 5.56 Å². The highest BCUT2D eigenvalue weighted by molar-refractivity contribution is 8.01. The molecule has 1 aromatic heterocycles. The fraction of sp³-hybridized carbons (Fsp3) is 0.467. The van der Waals surface area contributed by atoms with E-state index in [9.17, 15) is 8.42 Å². The average molecular weight is 369 g/mol. The highest BCUT2D eigenvalue weighted by atomic mass is 32.2. The first-order chi connectivity index (χ1) is 11.4. The van der Waals surface area contributed by atoms with Crippen molar-refractivity contribution in [3.63, 3.8) is 0 Å². The fourth-order valence-corrected chi connectivity index (χ4v) is 6.10. The van der Waals surface area contributed by atoms with Crippen molar-refractivity contribution in [2.24, 2.45) is 7.05 Å². The summed E-state index contributed by atoms with van der Waals surface area (Å²) in [6, 6.07) is 5.55. The summed E-state index contributed by atoms with van der Waals surface area (Å²) < 4.78 is 35.6. The first-order valence-corrected chi connectivity index (χ1v) is 10.1. The number of thioether (sulfide) groups is 1. The van der Waals surface area contributed by atoms with Crippen LogP contribution in [0.3, 0.4) is 0 Å². The van der Waals surface area contributed by atoms with Crippen molar-refractivity contribution in [1.29, 1.82) is 0 Å². The molecule has 0 amide bonds. The minimum Gasteiger partial charge on any atom is -0.493 e. The van der Waals surface area contributed by atoms with Crippen LogP contribution in [0, 0.1) is 0 Å². The molecule has 0 radical (unpaired) electrons. The number of aromatic nitrogens is 3. The van der Waals surface area contributed by atoms with Crippen molar-refractivity contribution in [2.75, 3.05) is 25.7 Å². The lowest BCUT2D eigenvalue weighted by molar-refractivity contribution is 0.355. The summed E-state index contributed by atoms with van der Waals surface area (Å²) in [4.78, 5) is 0. The summed E-state index contributed by atoms with van der Waals surface area (Å²) in [6.45, 7) is 0. The summed E-state index contributed by atoms with van der Waals surface area (Å²) in [7, 11) is 2.14. The highest BCUT2D eigenvalue weighted by Gasteiger charge is 2.30. The van der Waals surface area contributed by atoms with Crippen molar-refractivity contribution in [3.05, 3.63) is 18.2 Å². The van der Waals surface area contributed by atoms with E-state index in [2.05, 4.69) is 10.2 Å². The fourth-order valence-electron chi connectivity index (χ4n) is 2.65. The number of ether oxygens (including phenoxy) is 2. The quantitative estimate of drug-likeness (QED) is 0.794. The predicted octanol–water partition coefficient (Wildman–Crippen LogP) is 1.78. The SMILES string of the molecule is COc1ccc(-c2nnc(SC3CCS(=O)(=O)C3)n2C)cc1OC. The number of rotatable bonds is 5. The molecule has 2 heterocycles. The van der Waals surface area contributed by atoms with Gasteiger partial charge in [-0.05, 0) is 24.6 Å². The third-order valence-corrected chi connectivity index (χ3v) is 7.22. The van der Waals surface area contributed by atoms with E-state index in [-0.39, 0.29) is 16.8 Å². The number of sulfone groups is 1. The molecule has 0 N–H and O–H groups in total. The molecule has 1 fully saturated rings. The largest absolute Gasteiger partial charge is 0.493 e. The van der Waals surface area contributed by atoms with E-state index in [1.54, 1.807) is 14.2 Å². The standard InChI is InChI=1S/C15H19N3O4S2/c1-18-14(10-4-5-12(21-2)13(8-10)22-3)16-17-15(18)23-11-6-7-24(19,20)9-11/h4-5,8,11H,6-7,9H2,1-3H3. The lowest BCUT2D eigenvalue weighted by Crippen LogP contribution is -2.07. The van der Waals surface area contributed by atoms with Gasteiger partial charge in [0, 0.05) is 17.9 Å². The number of methoxy groups -OCH3 is 2. The van der Waals surface area contributed by atoms with Crippen LogP contribution in [0.1, 0.15) is 6.42 Å². The number of nitrogens with zero attached hydrogens (tertiary/aromatic N) is 3. The Morgan fingerprint density at radius 3 is 2.58 bits per heavy atom. The topological polar surface area (TPSA) is 83.3 Å². The molecule has 1 aliphatic heterocycles. The van der Waals surface area contributed by atoms with Gasteiger partial charge in [-0.1, -0.05) is 11.8 Å². The summed E-state index contributed by atoms with van der Waals surface area (Å²) in [5, 5.41) is 9.20. The molecule has 0 saturated carbocycles. The molecule has 3 rings (SSSR count). The zero-order chi connectivity index (χ0) is 17.3. The number of benzene rings is 1. The molecule has 1 aromatic carbocycles. The second-order valence-corrected chi connectivity index (χ2v) is 9.07. The molecular formula is C15H19N3O4S2. The van der Waals surface area contributed by atoms with Gasteiger partial charge >= 0.3 is 0 Å². The smallest absolute Gasteiger partial charge is 0.191 e. The van der Waals surface area contributed by atoms with Crippen molar-refractivity contribution in [2.45, 2.75) is 16.8 Å². The Bertz CT molecular complexity index is 848. The van der Waals surface area contributed by atoms with Crippen LogP contribution in [0.4, 0.5) is 0 Å². The molecule has 24 heavy (non-hydrogen) atoms. The average Bonchev–Trinajstić information content (AvgIpc) is 3.09. The van der Waals surface area contributed by atoms with E-state index in [1.807, 2.05) is 29.8 Å². The van der Waals surface area contributed by atoms with Gasteiger partial charge in [-0.2, -0.15) is 0 Å². The molecule has 9 heteroatoms. The Balaban J connectivity index is 1.85. The minimum absolute atomic E-state index is 0.0381. The molecule has 0 aliphatic carbocycles. The molecule has 1 unspecified atom stereocenters. The van der Waals surface area contributed by atoms with E-state index < -0.39 is 9.84 Å². The van der Waals surface area contributed by atoms with Crippen LogP contribution >= 0.6 is 11.8 Å². The Hall–Kier alpha value is -1.74. The number of hydrogen-bond donors (Lipinski definition) is 0. The monoisotopic (exact) mass is 369 g/mol.